The van der Waals surface area contributed by atoms with Crippen molar-refractivity contribution in [1.82, 2.24) is 4.90 Å². The van der Waals surface area contributed by atoms with E-state index in [2.05, 4.69) is 30.1 Å². The minimum atomic E-state index is -0.578. The largest absolute Gasteiger partial charge is 0.367 e. The molecule has 108 valence electrons. The van der Waals surface area contributed by atoms with Crippen LogP contribution in [0.2, 0.25) is 0 Å². The number of halogens is 1. The van der Waals surface area contributed by atoms with Crippen LogP contribution < -0.4 is 5.32 Å². The third-order valence-electron chi connectivity index (χ3n) is 4.02. The molecule has 0 spiro atoms. The third kappa shape index (κ3) is 3.29. The highest BCUT2D eigenvalue weighted by Crippen LogP contribution is 2.28. The number of aryl methyl sites for hydroxylation is 1. The van der Waals surface area contributed by atoms with Crippen LogP contribution in [0.5, 0.6) is 0 Å². The zero-order valence-corrected chi connectivity index (χ0v) is 12.4. The molecule has 1 fully saturated rings. The fourth-order valence-electron chi connectivity index (χ4n) is 2.77. The quantitative estimate of drug-likeness (QED) is 0.920. The highest BCUT2D eigenvalue weighted by Gasteiger charge is 2.35. The van der Waals surface area contributed by atoms with Crippen molar-refractivity contribution in [3.8, 4) is 6.07 Å². The Morgan fingerprint density at radius 2 is 1.95 bits per heavy atom. The lowest BCUT2D eigenvalue weighted by molar-refractivity contribution is 0.160. The number of anilines is 1. The number of hydrogen-bond donors (Lipinski definition) is 1. The molecule has 0 bridgehead atoms. The second-order valence-electron chi connectivity index (χ2n) is 5.97. The van der Waals surface area contributed by atoms with Crippen LogP contribution in [0.15, 0.2) is 18.2 Å². The molecule has 0 atom stereocenters. The number of benzene rings is 1. The van der Waals surface area contributed by atoms with Crippen LogP contribution >= 0.6 is 0 Å². The molecular formula is C16H22FN3. The second-order valence-corrected chi connectivity index (χ2v) is 5.97. The number of nitrogens with zero attached hydrogens (tertiary/aromatic N) is 2. The molecule has 3 nitrogen and oxygen atoms in total. The molecule has 0 radical (unpaired) electrons. The highest BCUT2D eigenvalue weighted by atomic mass is 19.1. The number of likely N-dealkylation sites (tertiary alicyclic amines) is 1. The molecule has 1 aliphatic heterocycles. The summed E-state index contributed by atoms with van der Waals surface area (Å²) in [7, 11) is 0. The number of hydrogen-bond acceptors (Lipinski definition) is 3. The topological polar surface area (TPSA) is 39.1 Å². The lowest BCUT2D eigenvalue weighted by Crippen LogP contribution is -2.50. The second kappa shape index (κ2) is 5.80. The minimum absolute atomic E-state index is 0.264. The summed E-state index contributed by atoms with van der Waals surface area (Å²) in [6.07, 6.45) is 1.52. The molecule has 0 amide bonds. The van der Waals surface area contributed by atoms with Gasteiger partial charge < -0.3 is 10.2 Å². The molecular weight excluding hydrogens is 253 g/mol. The lowest BCUT2D eigenvalue weighted by Gasteiger charge is -2.40. The fourth-order valence-corrected chi connectivity index (χ4v) is 2.77. The van der Waals surface area contributed by atoms with Gasteiger partial charge >= 0.3 is 0 Å². The first-order valence-electron chi connectivity index (χ1n) is 7.15. The maximum absolute atomic E-state index is 13.4. The molecule has 0 aromatic heterocycles. The van der Waals surface area contributed by atoms with Gasteiger partial charge in [0.25, 0.3) is 0 Å². The average molecular weight is 275 g/mol. The van der Waals surface area contributed by atoms with E-state index in [1.165, 1.54) is 12.1 Å². The van der Waals surface area contributed by atoms with Crippen molar-refractivity contribution < 1.29 is 4.39 Å². The van der Waals surface area contributed by atoms with Crippen molar-refractivity contribution in [3.63, 3.8) is 0 Å². The first kappa shape index (κ1) is 14.8. The summed E-state index contributed by atoms with van der Waals surface area (Å²) in [6, 6.07) is 7.74. The molecule has 1 heterocycles. The minimum Gasteiger partial charge on any atom is -0.367 e. The molecule has 20 heavy (non-hydrogen) atoms. The van der Waals surface area contributed by atoms with Gasteiger partial charge in [-0.25, -0.2) is 4.39 Å². The van der Waals surface area contributed by atoms with Crippen LogP contribution in [-0.4, -0.2) is 29.6 Å². The van der Waals surface area contributed by atoms with Crippen molar-refractivity contribution in [1.29, 1.82) is 5.26 Å². The maximum atomic E-state index is 13.4. The molecule has 2 rings (SSSR count). The predicted octanol–water partition coefficient (Wildman–Crippen LogP) is 3.31. The number of nitriles is 1. The smallest absolute Gasteiger partial charge is 0.127 e. The van der Waals surface area contributed by atoms with Crippen molar-refractivity contribution in [2.75, 3.05) is 18.4 Å². The zero-order chi connectivity index (χ0) is 14.8. The van der Waals surface area contributed by atoms with Crippen LogP contribution in [0.4, 0.5) is 10.1 Å². The van der Waals surface area contributed by atoms with Crippen LogP contribution in [0.25, 0.3) is 0 Å². The molecule has 0 saturated carbocycles. The van der Waals surface area contributed by atoms with Gasteiger partial charge in [0.2, 0.25) is 0 Å². The predicted molar refractivity (Wildman–Crippen MR) is 79.0 cm³/mol. The van der Waals surface area contributed by atoms with E-state index < -0.39 is 5.54 Å². The molecule has 0 aliphatic carbocycles. The Bertz CT molecular complexity index is 491. The van der Waals surface area contributed by atoms with Gasteiger partial charge in [-0.3, -0.25) is 0 Å². The first-order chi connectivity index (χ1) is 9.44. The van der Waals surface area contributed by atoms with Crippen molar-refractivity contribution in [2.45, 2.75) is 45.2 Å². The number of nitrogens with one attached hydrogen (secondary N) is 1. The van der Waals surface area contributed by atoms with Crippen LogP contribution in [-0.2, 0) is 0 Å². The van der Waals surface area contributed by atoms with Gasteiger partial charge in [-0.2, -0.15) is 5.26 Å². The van der Waals surface area contributed by atoms with E-state index in [9.17, 15) is 9.65 Å². The molecule has 1 aliphatic rings. The number of rotatable bonds is 3. The zero-order valence-electron chi connectivity index (χ0n) is 12.4. The molecule has 1 aromatic carbocycles. The van der Waals surface area contributed by atoms with Crippen LogP contribution in [0, 0.1) is 24.1 Å². The molecule has 0 unspecified atom stereocenters. The monoisotopic (exact) mass is 275 g/mol. The number of piperidine rings is 1. The lowest BCUT2D eigenvalue weighted by atomic mass is 9.88. The summed E-state index contributed by atoms with van der Waals surface area (Å²) >= 11 is 0. The van der Waals surface area contributed by atoms with Crippen molar-refractivity contribution in [3.05, 3.63) is 29.6 Å². The van der Waals surface area contributed by atoms with Crippen molar-refractivity contribution in [2.24, 2.45) is 0 Å². The Hall–Kier alpha value is -1.60. The normalized spacial score (nSPS) is 18.8. The molecule has 1 aromatic rings. The van der Waals surface area contributed by atoms with E-state index in [4.69, 9.17) is 0 Å². The van der Waals surface area contributed by atoms with E-state index in [1.807, 2.05) is 13.0 Å². The Balaban J connectivity index is 2.12. The van der Waals surface area contributed by atoms with Crippen LogP contribution in [0.1, 0.15) is 32.3 Å². The summed E-state index contributed by atoms with van der Waals surface area (Å²) in [5.74, 6) is -0.264. The molecule has 4 heteroatoms. The Morgan fingerprint density at radius 1 is 1.30 bits per heavy atom. The van der Waals surface area contributed by atoms with E-state index in [0.29, 0.717) is 11.7 Å². The summed E-state index contributed by atoms with van der Waals surface area (Å²) in [4.78, 5) is 2.37. The Labute approximate surface area is 120 Å². The van der Waals surface area contributed by atoms with Crippen molar-refractivity contribution >= 4 is 5.69 Å². The van der Waals surface area contributed by atoms with Gasteiger partial charge in [-0.1, -0.05) is 0 Å². The van der Waals surface area contributed by atoms with Gasteiger partial charge in [0.1, 0.15) is 11.4 Å². The van der Waals surface area contributed by atoms with Gasteiger partial charge in [-0.15, -0.1) is 0 Å². The standard InChI is InChI=1S/C16H22FN3/c1-12(2)20-6-4-16(11-18,5-7-20)19-15-9-13(3)8-14(17)10-15/h8-10,12,19H,4-7H2,1-3H3. The summed E-state index contributed by atoms with van der Waals surface area (Å²) in [6.45, 7) is 7.99. The Morgan fingerprint density at radius 3 is 2.45 bits per heavy atom. The first-order valence-corrected chi connectivity index (χ1v) is 7.15. The van der Waals surface area contributed by atoms with E-state index in [1.54, 1.807) is 0 Å². The van der Waals surface area contributed by atoms with E-state index in [0.717, 1.165) is 31.5 Å². The molecule has 1 saturated heterocycles. The molecule has 1 N–H and O–H groups in total. The Kier molecular flexibility index (Phi) is 4.29. The summed E-state index contributed by atoms with van der Waals surface area (Å²) in [5.41, 5.74) is 0.980. The van der Waals surface area contributed by atoms with E-state index >= 15 is 0 Å². The van der Waals surface area contributed by atoms with Gasteiger partial charge in [-0.05, 0) is 57.4 Å². The summed E-state index contributed by atoms with van der Waals surface area (Å²) < 4.78 is 13.4. The van der Waals surface area contributed by atoms with E-state index in [-0.39, 0.29) is 5.82 Å². The highest BCUT2D eigenvalue weighted by molar-refractivity contribution is 5.50. The van der Waals surface area contributed by atoms with Gasteiger partial charge in [0.05, 0.1) is 6.07 Å². The summed E-state index contributed by atoms with van der Waals surface area (Å²) in [5, 5.41) is 12.8. The third-order valence-corrected chi connectivity index (χ3v) is 4.02. The van der Waals surface area contributed by atoms with Gasteiger partial charge in [0.15, 0.2) is 0 Å². The SMILES string of the molecule is Cc1cc(F)cc(NC2(C#N)CCN(C(C)C)CC2)c1. The fraction of sp³-hybridized carbons (Fsp3) is 0.562. The van der Waals surface area contributed by atoms with Crippen LogP contribution in [0.3, 0.4) is 0 Å². The van der Waals surface area contributed by atoms with Gasteiger partial charge in [0, 0.05) is 24.8 Å². The average Bonchev–Trinajstić information content (AvgIpc) is 2.38. The maximum Gasteiger partial charge on any atom is 0.127 e.